The molecule has 0 aromatic heterocycles. The molecule has 0 aliphatic carbocycles. The number of hydrogen-bond acceptors (Lipinski definition) is 3. The van der Waals surface area contributed by atoms with E-state index in [0.29, 0.717) is 12.6 Å². The Morgan fingerprint density at radius 3 is 2.85 bits per heavy atom. The average Bonchev–Trinajstić information content (AvgIpc) is 2.42. The van der Waals surface area contributed by atoms with Crippen molar-refractivity contribution in [3.8, 4) is 0 Å². The van der Waals surface area contributed by atoms with Gasteiger partial charge in [-0.15, -0.1) is 0 Å². The molecule has 1 aromatic carbocycles. The molecular weight excluding hydrogens is 254 g/mol. The van der Waals surface area contributed by atoms with E-state index in [9.17, 15) is 9.59 Å². The Morgan fingerprint density at radius 2 is 2.10 bits per heavy atom. The van der Waals surface area contributed by atoms with Gasteiger partial charge in [0.25, 0.3) is 0 Å². The molecule has 2 N–H and O–H groups in total. The van der Waals surface area contributed by atoms with E-state index in [-0.39, 0.29) is 12.5 Å². The Balaban J connectivity index is 2.05. The number of urea groups is 1. The standard InChI is InChI=1S/C15H21N3O2/c1-3-16-15(20)17-14(19)10-18-11(2)8-9-12-6-4-5-7-13(12)18/h4-7,11H,3,8-10H2,1-2H3,(H2,16,17,19,20)/t11-/m0/s1. The number of benzene rings is 1. The second kappa shape index (κ2) is 6.41. The van der Waals surface area contributed by atoms with Crippen LogP contribution in [0.2, 0.25) is 0 Å². The van der Waals surface area contributed by atoms with Crippen molar-refractivity contribution in [3.05, 3.63) is 29.8 Å². The summed E-state index contributed by atoms with van der Waals surface area (Å²) in [6, 6.07) is 7.98. The van der Waals surface area contributed by atoms with Crippen LogP contribution < -0.4 is 15.5 Å². The van der Waals surface area contributed by atoms with Crippen molar-refractivity contribution in [2.45, 2.75) is 32.7 Å². The van der Waals surface area contributed by atoms with Crippen molar-refractivity contribution in [3.63, 3.8) is 0 Å². The van der Waals surface area contributed by atoms with Crippen LogP contribution in [-0.4, -0.2) is 31.1 Å². The first-order valence-electron chi connectivity index (χ1n) is 7.04. The molecule has 20 heavy (non-hydrogen) atoms. The van der Waals surface area contributed by atoms with Gasteiger partial charge in [-0.2, -0.15) is 0 Å². The molecule has 0 spiro atoms. The lowest BCUT2D eigenvalue weighted by Crippen LogP contribution is -2.48. The fraction of sp³-hybridized carbons (Fsp3) is 0.467. The SMILES string of the molecule is CCNC(=O)NC(=O)CN1c2ccccc2CC[C@@H]1C. The molecule has 1 heterocycles. The van der Waals surface area contributed by atoms with Crippen LogP contribution in [0.15, 0.2) is 24.3 Å². The lowest BCUT2D eigenvalue weighted by Gasteiger charge is -2.36. The first-order chi connectivity index (χ1) is 9.61. The van der Waals surface area contributed by atoms with Gasteiger partial charge in [0, 0.05) is 18.3 Å². The number of carbonyl (C=O) groups excluding carboxylic acids is 2. The first kappa shape index (κ1) is 14.4. The van der Waals surface area contributed by atoms with Gasteiger partial charge in [-0.05, 0) is 38.3 Å². The van der Waals surface area contributed by atoms with Crippen molar-refractivity contribution in [1.29, 1.82) is 0 Å². The number of fused-ring (bicyclic) bond motifs is 1. The van der Waals surface area contributed by atoms with Crippen LogP contribution in [-0.2, 0) is 11.2 Å². The minimum absolute atomic E-state index is 0.204. The third-order valence-electron chi connectivity index (χ3n) is 3.57. The Morgan fingerprint density at radius 1 is 1.35 bits per heavy atom. The molecule has 0 unspecified atom stereocenters. The zero-order valence-electron chi connectivity index (χ0n) is 12.0. The number of hydrogen-bond donors (Lipinski definition) is 2. The predicted octanol–water partition coefficient (Wildman–Crippen LogP) is 1.67. The quantitative estimate of drug-likeness (QED) is 0.882. The zero-order valence-corrected chi connectivity index (χ0v) is 12.0. The maximum atomic E-state index is 11.9. The first-order valence-corrected chi connectivity index (χ1v) is 7.04. The maximum absolute atomic E-state index is 11.9. The summed E-state index contributed by atoms with van der Waals surface area (Å²) in [5.74, 6) is -0.278. The van der Waals surface area contributed by atoms with Crippen molar-refractivity contribution in [1.82, 2.24) is 10.6 Å². The summed E-state index contributed by atoms with van der Waals surface area (Å²) in [5.41, 5.74) is 2.36. The van der Waals surface area contributed by atoms with Gasteiger partial charge < -0.3 is 10.2 Å². The molecule has 2 rings (SSSR count). The van der Waals surface area contributed by atoms with Crippen LogP contribution in [0.3, 0.4) is 0 Å². The number of nitrogens with zero attached hydrogens (tertiary/aromatic N) is 1. The predicted molar refractivity (Wildman–Crippen MR) is 78.8 cm³/mol. The number of nitrogens with one attached hydrogen (secondary N) is 2. The van der Waals surface area contributed by atoms with E-state index in [1.54, 1.807) is 0 Å². The van der Waals surface area contributed by atoms with Crippen molar-refractivity contribution in [2.75, 3.05) is 18.0 Å². The van der Waals surface area contributed by atoms with E-state index in [1.807, 2.05) is 25.1 Å². The van der Waals surface area contributed by atoms with E-state index in [4.69, 9.17) is 0 Å². The molecule has 0 bridgehead atoms. The summed E-state index contributed by atoms with van der Waals surface area (Å²) in [6.07, 6.45) is 2.05. The highest BCUT2D eigenvalue weighted by Gasteiger charge is 2.24. The molecule has 3 amide bonds. The molecule has 1 aliphatic heterocycles. The number of aryl methyl sites for hydroxylation is 1. The topological polar surface area (TPSA) is 61.4 Å². The largest absolute Gasteiger partial charge is 0.359 e. The maximum Gasteiger partial charge on any atom is 0.321 e. The van der Waals surface area contributed by atoms with Crippen molar-refractivity contribution >= 4 is 17.6 Å². The number of carbonyl (C=O) groups is 2. The second-order valence-corrected chi connectivity index (χ2v) is 5.05. The highest BCUT2D eigenvalue weighted by atomic mass is 16.2. The van der Waals surface area contributed by atoms with Gasteiger partial charge in [-0.1, -0.05) is 18.2 Å². The summed E-state index contributed by atoms with van der Waals surface area (Å²) < 4.78 is 0. The third kappa shape index (κ3) is 3.29. The highest BCUT2D eigenvalue weighted by molar-refractivity contribution is 5.96. The summed E-state index contributed by atoms with van der Waals surface area (Å²) in [7, 11) is 0. The molecule has 5 nitrogen and oxygen atoms in total. The van der Waals surface area contributed by atoms with Crippen molar-refractivity contribution in [2.24, 2.45) is 0 Å². The molecule has 1 atom stereocenters. The van der Waals surface area contributed by atoms with E-state index in [1.165, 1.54) is 5.56 Å². The van der Waals surface area contributed by atoms with Crippen LogP contribution in [0.25, 0.3) is 0 Å². The van der Waals surface area contributed by atoms with Gasteiger partial charge in [0.2, 0.25) is 5.91 Å². The Hall–Kier alpha value is -2.04. The third-order valence-corrected chi connectivity index (χ3v) is 3.57. The minimum Gasteiger partial charge on any atom is -0.359 e. The summed E-state index contributed by atoms with van der Waals surface area (Å²) >= 11 is 0. The summed E-state index contributed by atoms with van der Waals surface area (Å²) in [6.45, 7) is 4.62. The van der Waals surface area contributed by atoms with Gasteiger partial charge in [0.05, 0.1) is 6.54 Å². The zero-order chi connectivity index (χ0) is 14.5. The minimum atomic E-state index is -0.435. The Bertz CT molecular complexity index is 502. The monoisotopic (exact) mass is 275 g/mol. The van der Waals surface area contributed by atoms with E-state index in [2.05, 4.69) is 28.5 Å². The summed E-state index contributed by atoms with van der Waals surface area (Å²) in [4.78, 5) is 25.4. The van der Waals surface area contributed by atoms with Crippen LogP contribution in [0.1, 0.15) is 25.8 Å². The van der Waals surface area contributed by atoms with Gasteiger partial charge in [-0.3, -0.25) is 10.1 Å². The number of imide groups is 1. The second-order valence-electron chi connectivity index (χ2n) is 5.05. The smallest absolute Gasteiger partial charge is 0.321 e. The van der Waals surface area contributed by atoms with E-state index in [0.717, 1.165) is 18.5 Å². The molecule has 0 fully saturated rings. The molecule has 108 valence electrons. The Kier molecular flexibility index (Phi) is 4.61. The molecule has 5 heteroatoms. The van der Waals surface area contributed by atoms with Crippen LogP contribution in [0, 0.1) is 0 Å². The number of rotatable bonds is 3. The van der Waals surface area contributed by atoms with Crippen LogP contribution >= 0.6 is 0 Å². The lowest BCUT2D eigenvalue weighted by molar-refractivity contribution is -0.118. The highest BCUT2D eigenvalue weighted by Crippen LogP contribution is 2.29. The number of amides is 3. The molecule has 0 saturated heterocycles. The molecule has 0 radical (unpaired) electrons. The van der Waals surface area contributed by atoms with Gasteiger partial charge in [0.1, 0.15) is 0 Å². The lowest BCUT2D eigenvalue weighted by atomic mass is 9.97. The van der Waals surface area contributed by atoms with Gasteiger partial charge in [-0.25, -0.2) is 4.79 Å². The number of para-hydroxylation sites is 1. The number of anilines is 1. The van der Waals surface area contributed by atoms with E-state index < -0.39 is 6.03 Å². The van der Waals surface area contributed by atoms with Gasteiger partial charge in [0.15, 0.2) is 0 Å². The fourth-order valence-electron chi connectivity index (χ4n) is 2.53. The normalized spacial score (nSPS) is 17.3. The Labute approximate surface area is 119 Å². The average molecular weight is 275 g/mol. The van der Waals surface area contributed by atoms with Crippen LogP contribution in [0.4, 0.5) is 10.5 Å². The van der Waals surface area contributed by atoms with Crippen LogP contribution in [0.5, 0.6) is 0 Å². The fourth-order valence-corrected chi connectivity index (χ4v) is 2.53. The van der Waals surface area contributed by atoms with Crippen molar-refractivity contribution < 1.29 is 9.59 Å². The summed E-state index contributed by atoms with van der Waals surface area (Å²) in [5, 5.41) is 4.90. The molecular formula is C15H21N3O2. The molecule has 1 aromatic rings. The van der Waals surface area contributed by atoms with E-state index >= 15 is 0 Å². The molecule has 1 aliphatic rings. The van der Waals surface area contributed by atoms with Gasteiger partial charge >= 0.3 is 6.03 Å². The molecule has 0 saturated carbocycles.